The van der Waals surface area contributed by atoms with Crippen LogP contribution in [0.3, 0.4) is 0 Å². The van der Waals surface area contributed by atoms with Crippen LogP contribution in [0.25, 0.3) is 0 Å². The van der Waals surface area contributed by atoms with Gasteiger partial charge in [-0.05, 0) is 57.7 Å². The molecule has 1 saturated heterocycles. The van der Waals surface area contributed by atoms with Gasteiger partial charge in [-0.25, -0.2) is 0 Å². The van der Waals surface area contributed by atoms with Crippen LogP contribution in [0.2, 0.25) is 0 Å². The molecule has 1 aliphatic heterocycles. The number of benzene rings is 1. The molecule has 3 heteroatoms. The average Bonchev–Trinajstić information content (AvgIpc) is 3.01. The van der Waals surface area contributed by atoms with Gasteiger partial charge in [-0.15, -0.1) is 0 Å². The molecule has 0 amide bonds. The molecule has 21 heavy (non-hydrogen) atoms. The SMILES string of the molecule is CNC(C)c1c(OC)cccc1N1CCCC2CCCC21. The Bertz CT molecular complexity index is 488. The fourth-order valence-corrected chi connectivity index (χ4v) is 4.29. The van der Waals surface area contributed by atoms with E-state index in [0.29, 0.717) is 6.04 Å². The molecular weight excluding hydrogens is 260 g/mol. The number of methoxy groups -OCH3 is 1. The number of hydrogen-bond donors (Lipinski definition) is 1. The van der Waals surface area contributed by atoms with Crippen LogP contribution in [-0.2, 0) is 0 Å². The summed E-state index contributed by atoms with van der Waals surface area (Å²) >= 11 is 0. The van der Waals surface area contributed by atoms with Crippen molar-refractivity contribution in [3.05, 3.63) is 23.8 Å². The lowest BCUT2D eigenvalue weighted by atomic mass is 9.90. The van der Waals surface area contributed by atoms with Crippen LogP contribution >= 0.6 is 0 Å². The van der Waals surface area contributed by atoms with Crippen molar-refractivity contribution in [2.24, 2.45) is 5.92 Å². The van der Waals surface area contributed by atoms with Gasteiger partial charge >= 0.3 is 0 Å². The lowest BCUT2D eigenvalue weighted by molar-refractivity contribution is 0.359. The molecule has 1 N–H and O–H groups in total. The summed E-state index contributed by atoms with van der Waals surface area (Å²) in [6.45, 7) is 3.41. The Balaban J connectivity index is 2.00. The molecule has 3 nitrogen and oxygen atoms in total. The summed E-state index contributed by atoms with van der Waals surface area (Å²) in [5.41, 5.74) is 2.70. The van der Waals surface area contributed by atoms with Crippen LogP contribution in [-0.4, -0.2) is 26.7 Å². The summed E-state index contributed by atoms with van der Waals surface area (Å²) in [4.78, 5) is 2.67. The van der Waals surface area contributed by atoms with E-state index in [2.05, 4.69) is 35.3 Å². The fraction of sp³-hybridized carbons (Fsp3) is 0.667. The largest absolute Gasteiger partial charge is 0.496 e. The highest BCUT2D eigenvalue weighted by molar-refractivity contribution is 5.62. The highest BCUT2D eigenvalue weighted by Gasteiger charge is 2.36. The van der Waals surface area contributed by atoms with E-state index in [4.69, 9.17) is 4.74 Å². The second-order valence-corrected chi connectivity index (χ2v) is 6.50. The van der Waals surface area contributed by atoms with Gasteiger partial charge in [0.25, 0.3) is 0 Å². The molecule has 2 aliphatic rings. The van der Waals surface area contributed by atoms with Gasteiger partial charge in [-0.1, -0.05) is 12.5 Å². The van der Waals surface area contributed by atoms with E-state index in [1.54, 1.807) is 7.11 Å². The third kappa shape index (κ3) is 2.64. The minimum Gasteiger partial charge on any atom is -0.496 e. The maximum atomic E-state index is 5.64. The Morgan fingerprint density at radius 2 is 2.05 bits per heavy atom. The van der Waals surface area contributed by atoms with E-state index in [0.717, 1.165) is 17.7 Å². The van der Waals surface area contributed by atoms with E-state index >= 15 is 0 Å². The molecule has 0 radical (unpaired) electrons. The summed E-state index contributed by atoms with van der Waals surface area (Å²) in [6, 6.07) is 7.56. The molecule has 0 aromatic heterocycles. The van der Waals surface area contributed by atoms with Crippen LogP contribution in [0.1, 0.15) is 50.6 Å². The van der Waals surface area contributed by atoms with Gasteiger partial charge in [-0.2, -0.15) is 0 Å². The maximum Gasteiger partial charge on any atom is 0.125 e. The Hall–Kier alpha value is -1.22. The number of rotatable bonds is 4. The van der Waals surface area contributed by atoms with Gasteiger partial charge in [0.2, 0.25) is 0 Å². The van der Waals surface area contributed by atoms with Crippen molar-refractivity contribution >= 4 is 5.69 Å². The number of ether oxygens (including phenoxy) is 1. The quantitative estimate of drug-likeness (QED) is 0.913. The lowest BCUT2D eigenvalue weighted by Gasteiger charge is -2.41. The number of nitrogens with zero attached hydrogens (tertiary/aromatic N) is 1. The molecular formula is C18H28N2O. The van der Waals surface area contributed by atoms with Crippen molar-refractivity contribution in [2.75, 3.05) is 25.6 Å². The average molecular weight is 288 g/mol. The van der Waals surface area contributed by atoms with Crippen molar-refractivity contribution in [1.82, 2.24) is 5.32 Å². The van der Waals surface area contributed by atoms with Crippen molar-refractivity contribution in [3.8, 4) is 5.75 Å². The van der Waals surface area contributed by atoms with Crippen LogP contribution in [0.15, 0.2) is 18.2 Å². The Labute approximate surface area is 128 Å². The molecule has 3 atom stereocenters. The third-order valence-electron chi connectivity index (χ3n) is 5.43. The predicted octanol–water partition coefficient (Wildman–Crippen LogP) is 3.74. The summed E-state index contributed by atoms with van der Waals surface area (Å²) < 4.78 is 5.64. The summed E-state index contributed by atoms with van der Waals surface area (Å²) in [6.07, 6.45) is 6.91. The van der Waals surface area contributed by atoms with E-state index in [-0.39, 0.29) is 0 Å². The molecule has 2 fully saturated rings. The molecule has 1 aromatic rings. The lowest BCUT2D eigenvalue weighted by Crippen LogP contribution is -2.43. The maximum absolute atomic E-state index is 5.64. The van der Waals surface area contributed by atoms with Crippen molar-refractivity contribution < 1.29 is 4.74 Å². The Morgan fingerprint density at radius 1 is 1.24 bits per heavy atom. The predicted molar refractivity (Wildman–Crippen MR) is 88.2 cm³/mol. The zero-order valence-corrected chi connectivity index (χ0v) is 13.6. The van der Waals surface area contributed by atoms with E-state index in [9.17, 15) is 0 Å². The fourth-order valence-electron chi connectivity index (χ4n) is 4.29. The minimum absolute atomic E-state index is 0.304. The zero-order valence-electron chi connectivity index (χ0n) is 13.6. The first-order valence-electron chi connectivity index (χ1n) is 8.37. The van der Waals surface area contributed by atoms with Gasteiger partial charge in [0, 0.05) is 29.9 Å². The third-order valence-corrected chi connectivity index (χ3v) is 5.43. The van der Waals surface area contributed by atoms with Crippen molar-refractivity contribution in [2.45, 2.75) is 51.1 Å². The normalized spacial score (nSPS) is 26.5. The monoisotopic (exact) mass is 288 g/mol. The molecule has 1 saturated carbocycles. The van der Waals surface area contributed by atoms with Crippen LogP contribution in [0.4, 0.5) is 5.69 Å². The summed E-state index contributed by atoms with van der Waals surface area (Å²) in [7, 11) is 3.80. The highest BCUT2D eigenvalue weighted by atomic mass is 16.5. The van der Waals surface area contributed by atoms with Crippen LogP contribution < -0.4 is 15.0 Å². The first-order chi connectivity index (χ1) is 10.3. The van der Waals surface area contributed by atoms with Crippen molar-refractivity contribution in [1.29, 1.82) is 0 Å². The van der Waals surface area contributed by atoms with Crippen LogP contribution in [0, 0.1) is 5.92 Å². The topological polar surface area (TPSA) is 24.5 Å². The van der Waals surface area contributed by atoms with E-state index in [1.165, 1.54) is 49.9 Å². The standard InChI is InChI=1S/C18H28N2O/c1-13(19-2)18-16(10-5-11-17(18)21-3)20-12-6-8-14-7-4-9-15(14)20/h5,10-11,13-15,19H,4,6-9,12H2,1-3H3. The zero-order chi connectivity index (χ0) is 14.8. The number of nitrogens with one attached hydrogen (secondary N) is 1. The Morgan fingerprint density at radius 3 is 2.81 bits per heavy atom. The number of hydrogen-bond acceptors (Lipinski definition) is 3. The molecule has 0 spiro atoms. The molecule has 1 heterocycles. The minimum atomic E-state index is 0.304. The first-order valence-corrected chi connectivity index (χ1v) is 8.37. The molecule has 1 aliphatic carbocycles. The smallest absolute Gasteiger partial charge is 0.125 e. The second-order valence-electron chi connectivity index (χ2n) is 6.50. The van der Waals surface area contributed by atoms with Crippen molar-refractivity contribution in [3.63, 3.8) is 0 Å². The summed E-state index contributed by atoms with van der Waals surface area (Å²) in [5, 5.41) is 3.39. The van der Waals surface area contributed by atoms with Gasteiger partial charge in [0.15, 0.2) is 0 Å². The number of anilines is 1. The Kier molecular flexibility index (Phi) is 4.39. The molecule has 1 aromatic carbocycles. The van der Waals surface area contributed by atoms with E-state index in [1.807, 2.05) is 7.05 Å². The van der Waals surface area contributed by atoms with Gasteiger partial charge < -0.3 is 15.0 Å². The van der Waals surface area contributed by atoms with Gasteiger partial charge in [0.1, 0.15) is 5.75 Å². The molecule has 116 valence electrons. The first kappa shape index (κ1) is 14.7. The molecule has 3 unspecified atom stereocenters. The number of fused-ring (bicyclic) bond motifs is 1. The summed E-state index contributed by atoms with van der Waals surface area (Å²) in [5.74, 6) is 1.91. The van der Waals surface area contributed by atoms with Gasteiger partial charge in [0.05, 0.1) is 7.11 Å². The van der Waals surface area contributed by atoms with Gasteiger partial charge in [-0.3, -0.25) is 0 Å². The van der Waals surface area contributed by atoms with E-state index < -0.39 is 0 Å². The molecule has 3 rings (SSSR count). The number of piperidine rings is 1. The highest BCUT2D eigenvalue weighted by Crippen LogP contribution is 2.43. The second kappa shape index (κ2) is 6.27. The van der Waals surface area contributed by atoms with Crippen LogP contribution in [0.5, 0.6) is 5.75 Å². The molecule has 0 bridgehead atoms.